The molecular formula is C24H27FN4O3. The molecule has 0 saturated carbocycles. The molecule has 0 amide bonds. The van der Waals surface area contributed by atoms with Crippen LogP contribution in [-0.2, 0) is 7.05 Å². The van der Waals surface area contributed by atoms with Gasteiger partial charge in [0.05, 0.1) is 16.7 Å². The first-order chi connectivity index (χ1) is 15.2. The van der Waals surface area contributed by atoms with Crippen molar-refractivity contribution < 1.29 is 14.2 Å². The predicted octanol–water partition coefficient (Wildman–Crippen LogP) is 3.48. The van der Waals surface area contributed by atoms with Crippen molar-refractivity contribution >= 4 is 10.9 Å². The summed E-state index contributed by atoms with van der Waals surface area (Å²) in [6.07, 6.45) is 3.21. The number of piperidine rings is 2. The summed E-state index contributed by atoms with van der Waals surface area (Å²) in [7, 11) is 1.81. The number of aryl methyl sites for hydroxylation is 1. The molecule has 0 radical (unpaired) electrons. The van der Waals surface area contributed by atoms with Gasteiger partial charge in [-0.3, -0.25) is 4.79 Å². The lowest BCUT2D eigenvalue weighted by Gasteiger charge is -2.54. The molecule has 4 heterocycles. The molecule has 1 aromatic carbocycles. The minimum absolute atomic E-state index is 0.00230. The molecule has 0 spiro atoms. The van der Waals surface area contributed by atoms with Crippen LogP contribution in [-0.4, -0.2) is 43.2 Å². The summed E-state index contributed by atoms with van der Waals surface area (Å²) in [5.74, 6) is 0.238. The molecule has 0 aliphatic carbocycles. The molecule has 5 rings (SSSR count). The molecule has 3 aromatic rings. The molecule has 168 valence electrons. The van der Waals surface area contributed by atoms with E-state index < -0.39 is 17.8 Å². The number of alkyl halides is 1. The van der Waals surface area contributed by atoms with E-state index in [1.165, 1.54) is 6.07 Å². The second-order valence-electron chi connectivity index (χ2n) is 9.65. The SMILES string of the molecule is Cn1ccc(=O)c2cc(-c3ccc(O[C@@H]4C[C@@]5(C)CCC[C@](C)(N5)[C@@H]4F)nn3)c(O)cc21. The monoisotopic (exact) mass is 438 g/mol. The van der Waals surface area contributed by atoms with E-state index in [2.05, 4.69) is 22.4 Å². The third-order valence-electron chi connectivity index (χ3n) is 7.00. The summed E-state index contributed by atoms with van der Waals surface area (Å²) in [6.45, 7) is 4.04. The first kappa shape index (κ1) is 20.9. The van der Waals surface area contributed by atoms with E-state index in [0.29, 0.717) is 28.6 Å². The van der Waals surface area contributed by atoms with Crippen LogP contribution in [0, 0.1) is 0 Å². The summed E-state index contributed by atoms with van der Waals surface area (Å²) >= 11 is 0. The number of pyridine rings is 1. The van der Waals surface area contributed by atoms with E-state index in [-0.39, 0.29) is 22.6 Å². The molecular weight excluding hydrogens is 411 g/mol. The lowest BCUT2D eigenvalue weighted by molar-refractivity contribution is -0.0626. The summed E-state index contributed by atoms with van der Waals surface area (Å²) in [5.41, 5.74) is 0.530. The first-order valence-electron chi connectivity index (χ1n) is 10.9. The lowest BCUT2D eigenvalue weighted by Crippen LogP contribution is -2.71. The zero-order chi connectivity index (χ0) is 22.7. The zero-order valence-electron chi connectivity index (χ0n) is 18.4. The van der Waals surface area contributed by atoms with Crippen molar-refractivity contribution in [3.05, 3.63) is 46.8 Å². The maximum Gasteiger partial charge on any atom is 0.233 e. The van der Waals surface area contributed by atoms with E-state index >= 15 is 4.39 Å². The van der Waals surface area contributed by atoms with E-state index in [1.807, 2.05) is 6.92 Å². The molecule has 4 atom stereocenters. The Morgan fingerprint density at radius 3 is 2.78 bits per heavy atom. The number of aromatic nitrogens is 3. The molecule has 2 aliphatic heterocycles. The fourth-order valence-corrected chi connectivity index (χ4v) is 5.38. The number of hydrogen-bond donors (Lipinski definition) is 2. The van der Waals surface area contributed by atoms with Crippen molar-refractivity contribution in [2.45, 2.75) is 62.9 Å². The Bertz CT molecular complexity index is 1240. The molecule has 2 N–H and O–H groups in total. The van der Waals surface area contributed by atoms with Crippen LogP contribution in [0.5, 0.6) is 11.6 Å². The number of ether oxygens (including phenoxy) is 1. The highest BCUT2D eigenvalue weighted by Gasteiger charge is 2.53. The van der Waals surface area contributed by atoms with Crippen LogP contribution in [0.2, 0.25) is 0 Å². The van der Waals surface area contributed by atoms with Gasteiger partial charge in [0.1, 0.15) is 11.9 Å². The molecule has 32 heavy (non-hydrogen) atoms. The Balaban J connectivity index is 1.42. The molecule has 7 nitrogen and oxygen atoms in total. The lowest BCUT2D eigenvalue weighted by atomic mass is 9.69. The molecule has 8 heteroatoms. The average Bonchev–Trinajstić information content (AvgIpc) is 2.75. The van der Waals surface area contributed by atoms with Crippen molar-refractivity contribution in [2.75, 3.05) is 0 Å². The van der Waals surface area contributed by atoms with Crippen LogP contribution in [0.1, 0.15) is 39.5 Å². The molecule has 2 aliphatic rings. The van der Waals surface area contributed by atoms with Crippen molar-refractivity contribution in [3.8, 4) is 22.9 Å². The Hall–Kier alpha value is -3.00. The van der Waals surface area contributed by atoms with Gasteiger partial charge in [0.2, 0.25) is 5.88 Å². The van der Waals surface area contributed by atoms with Gasteiger partial charge in [-0.1, -0.05) is 0 Å². The van der Waals surface area contributed by atoms with Gasteiger partial charge < -0.3 is 19.7 Å². The smallest absolute Gasteiger partial charge is 0.233 e. The Labute approximate surface area is 185 Å². The average molecular weight is 439 g/mol. The maximum atomic E-state index is 15.3. The largest absolute Gasteiger partial charge is 0.507 e. The van der Waals surface area contributed by atoms with E-state index in [0.717, 1.165) is 19.3 Å². The van der Waals surface area contributed by atoms with Gasteiger partial charge in [0, 0.05) is 54.4 Å². The number of rotatable bonds is 3. The standard InChI is InChI=1S/C24H27FN4O3/c1-23-8-4-9-24(2,28-23)22(25)20(13-23)32-21-6-5-16(26-27-21)14-11-15-17(12-19(14)31)29(3)10-7-18(15)30/h5-7,10-12,20,22,28,31H,4,8-9,13H2,1-3H3/t20-,22-,23-,24+/m1/s1. The number of aromatic hydroxyl groups is 1. The summed E-state index contributed by atoms with van der Waals surface area (Å²) in [6, 6.07) is 7.93. The fourth-order valence-electron chi connectivity index (χ4n) is 5.38. The van der Waals surface area contributed by atoms with Gasteiger partial charge in [-0.25, -0.2) is 4.39 Å². The minimum atomic E-state index is -1.15. The Morgan fingerprint density at radius 2 is 2.03 bits per heavy atom. The Morgan fingerprint density at radius 1 is 1.22 bits per heavy atom. The fraction of sp³-hybridized carbons (Fsp3) is 0.458. The third kappa shape index (κ3) is 3.43. The normalized spacial score (nSPS) is 29.8. The number of phenols is 1. The number of phenolic OH excluding ortho intramolecular Hbond substituents is 1. The molecule has 0 unspecified atom stereocenters. The van der Waals surface area contributed by atoms with Crippen molar-refractivity contribution in [2.24, 2.45) is 7.05 Å². The van der Waals surface area contributed by atoms with Gasteiger partial charge in [-0.05, 0) is 45.2 Å². The number of fused-ring (bicyclic) bond motifs is 3. The molecule has 2 bridgehead atoms. The van der Waals surface area contributed by atoms with E-state index in [4.69, 9.17) is 4.74 Å². The summed E-state index contributed by atoms with van der Waals surface area (Å²) in [5, 5.41) is 22.8. The van der Waals surface area contributed by atoms with Crippen LogP contribution < -0.4 is 15.5 Å². The minimum Gasteiger partial charge on any atom is -0.507 e. The number of nitrogens with one attached hydrogen (secondary N) is 1. The third-order valence-corrected chi connectivity index (χ3v) is 7.00. The van der Waals surface area contributed by atoms with E-state index in [9.17, 15) is 9.90 Å². The van der Waals surface area contributed by atoms with Gasteiger partial charge in [-0.2, -0.15) is 0 Å². The van der Waals surface area contributed by atoms with Crippen molar-refractivity contribution in [1.82, 2.24) is 20.1 Å². The van der Waals surface area contributed by atoms with Crippen LogP contribution in [0.15, 0.2) is 41.3 Å². The van der Waals surface area contributed by atoms with Gasteiger partial charge in [-0.15, -0.1) is 10.2 Å². The Kier molecular flexibility index (Phi) is 4.74. The highest BCUT2D eigenvalue weighted by atomic mass is 19.1. The quantitative estimate of drug-likeness (QED) is 0.651. The highest BCUT2D eigenvalue weighted by molar-refractivity contribution is 5.87. The zero-order valence-corrected chi connectivity index (χ0v) is 18.4. The van der Waals surface area contributed by atoms with Gasteiger partial charge in [0.15, 0.2) is 11.6 Å². The van der Waals surface area contributed by atoms with Gasteiger partial charge in [0.25, 0.3) is 0 Å². The second-order valence-corrected chi connectivity index (χ2v) is 9.65. The predicted molar refractivity (Wildman–Crippen MR) is 120 cm³/mol. The number of hydrogen-bond acceptors (Lipinski definition) is 6. The molecule has 2 saturated heterocycles. The van der Waals surface area contributed by atoms with Gasteiger partial charge >= 0.3 is 0 Å². The number of benzene rings is 1. The van der Waals surface area contributed by atoms with Crippen molar-refractivity contribution in [3.63, 3.8) is 0 Å². The van der Waals surface area contributed by atoms with Crippen LogP contribution >= 0.6 is 0 Å². The van der Waals surface area contributed by atoms with Crippen molar-refractivity contribution in [1.29, 1.82) is 0 Å². The first-order valence-corrected chi connectivity index (χ1v) is 10.9. The number of nitrogens with zero attached hydrogens (tertiary/aromatic N) is 3. The second kappa shape index (κ2) is 7.27. The summed E-state index contributed by atoms with van der Waals surface area (Å²) in [4.78, 5) is 12.3. The van der Waals surface area contributed by atoms with Crippen LogP contribution in [0.4, 0.5) is 4.39 Å². The van der Waals surface area contributed by atoms with Crippen LogP contribution in [0.25, 0.3) is 22.2 Å². The molecule has 2 aromatic heterocycles. The topological polar surface area (TPSA) is 89.3 Å². The molecule has 2 fully saturated rings. The highest BCUT2D eigenvalue weighted by Crippen LogP contribution is 2.42. The van der Waals surface area contributed by atoms with Crippen LogP contribution in [0.3, 0.4) is 0 Å². The summed E-state index contributed by atoms with van der Waals surface area (Å²) < 4.78 is 23.0. The maximum absolute atomic E-state index is 15.3. The van der Waals surface area contributed by atoms with E-state index in [1.54, 1.807) is 42.1 Å². The number of halogens is 1.